The number of aryl methyl sites for hydroxylation is 1. The normalized spacial score (nSPS) is 22.8. The molecule has 0 N–H and O–H groups in total. The van der Waals surface area contributed by atoms with Crippen molar-refractivity contribution in [3.63, 3.8) is 0 Å². The van der Waals surface area contributed by atoms with Gasteiger partial charge in [-0.25, -0.2) is 0 Å². The van der Waals surface area contributed by atoms with Crippen LogP contribution >= 0.6 is 0 Å². The highest BCUT2D eigenvalue weighted by molar-refractivity contribution is 5.18. The van der Waals surface area contributed by atoms with Crippen LogP contribution in [0.5, 0.6) is 0 Å². The number of fused-ring (bicyclic) bond motifs is 1. The molecule has 1 atom stereocenters. The third-order valence-electron chi connectivity index (χ3n) is 2.93. The van der Waals surface area contributed by atoms with E-state index in [9.17, 15) is 0 Å². The summed E-state index contributed by atoms with van der Waals surface area (Å²) in [5.41, 5.74) is 1.95. The van der Waals surface area contributed by atoms with Crippen LogP contribution in [0, 0.1) is 5.41 Å². The first-order valence-electron chi connectivity index (χ1n) is 4.74. The van der Waals surface area contributed by atoms with Crippen molar-refractivity contribution in [1.82, 2.24) is 4.57 Å². The predicted molar refractivity (Wildman–Crippen MR) is 51.2 cm³/mol. The fourth-order valence-corrected chi connectivity index (χ4v) is 2.24. The number of aromatic nitrogens is 1. The third kappa shape index (κ3) is 1.08. The first kappa shape index (κ1) is 7.90. The zero-order valence-corrected chi connectivity index (χ0v) is 8.17. The topological polar surface area (TPSA) is 4.93 Å². The molecule has 0 radical (unpaired) electrons. The fourth-order valence-electron chi connectivity index (χ4n) is 2.24. The minimum Gasteiger partial charge on any atom is -0.351 e. The Balaban J connectivity index is 2.34. The maximum Gasteiger partial charge on any atom is 0.0228 e. The summed E-state index contributed by atoms with van der Waals surface area (Å²) in [6, 6.07) is 4.43. The van der Waals surface area contributed by atoms with Gasteiger partial charge in [-0.15, -0.1) is 0 Å². The molecule has 0 spiro atoms. The Bertz CT molecular complexity index is 277. The van der Waals surface area contributed by atoms with E-state index in [1.54, 1.807) is 0 Å². The van der Waals surface area contributed by atoms with Gasteiger partial charge in [0.25, 0.3) is 0 Å². The lowest BCUT2D eigenvalue weighted by atomic mass is 9.78. The number of rotatable bonds is 0. The second-order valence-electron chi connectivity index (χ2n) is 4.83. The van der Waals surface area contributed by atoms with Gasteiger partial charge in [0.15, 0.2) is 0 Å². The zero-order valence-electron chi connectivity index (χ0n) is 8.17. The highest BCUT2D eigenvalue weighted by Crippen LogP contribution is 2.41. The van der Waals surface area contributed by atoms with Crippen molar-refractivity contribution in [2.24, 2.45) is 5.41 Å². The van der Waals surface area contributed by atoms with Crippen molar-refractivity contribution in [2.45, 2.75) is 39.7 Å². The summed E-state index contributed by atoms with van der Waals surface area (Å²) in [5, 5.41) is 0. The Morgan fingerprint density at radius 3 is 2.83 bits per heavy atom. The molecule has 1 aliphatic heterocycles. The SMILES string of the molecule is CC(C)(C)[C@@H]1CCn2cccc21. The summed E-state index contributed by atoms with van der Waals surface area (Å²) in [6.45, 7) is 8.21. The van der Waals surface area contributed by atoms with Crippen LogP contribution in [0.2, 0.25) is 0 Å². The van der Waals surface area contributed by atoms with E-state index in [1.165, 1.54) is 18.7 Å². The van der Waals surface area contributed by atoms with Gasteiger partial charge < -0.3 is 4.57 Å². The molecule has 12 heavy (non-hydrogen) atoms. The van der Waals surface area contributed by atoms with Crippen LogP contribution in [0.15, 0.2) is 18.3 Å². The fraction of sp³-hybridized carbons (Fsp3) is 0.636. The maximum absolute atomic E-state index is 2.38. The van der Waals surface area contributed by atoms with Crippen LogP contribution in [-0.4, -0.2) is 4.57 Å². The van der Waals surface area contributed by atoms with Gasteiger partial charge in [-0.1, -0.05) is 20.8 Å². The molecular weight excluding hydrogens is 146 g/mol. The Labute approximate surface area is 74.4 Å². The van der Waals surface area contributed by atoms with E-state index in [0.29, 0.717) is 5.41 Å². The lowest BCUT2D eigenvalue weighted by Gasteiger charge is -2.26. The van der Waals surface area contributed by atoms with E-state index < -0.39 is 0 Å². The van der Waals surface area contributed by atoms with E-state index >= 15 is 0 Å². The molecule has 1 heteroatoms. The summed E-state index contributed by atoms with van der Waals surface area (Å²) >= 11 is 0. The van der Waals surface area contributed by atoms with Crippen molar-refractivity contribution in [3.8, 4) is 0 Å². The molecule has 0 aromatic carbocycles. The summed E-state index contributed by atoms with van der Waals surface area (Å²) in [7, 11) is 0. The minimum atomic E-state index is 0.423. The average molecular weight is 163 g/mol. The van der Waals surface area contributed by atoms with Gasteiger partial charge in [-0.3, -0.25) is 0 Å². The maximum atomic E-state index is 2.38. The number of hydrogen-bond donors (Lipinski definition) is 0. The van der Waals surface area contributed by atoms with Gasteiger partial charge in [-0.05, 0) is 24.0 Å². The number of hydrogen-bond acceptors (Lipinski definition) is 0. The van der Waals surface area contributed by atoms with Gasteiger partial charge >= 0.3 is 0 Å². The van der Waals surface area contributed by atoms with Crippen LogP contribution in [0.4, 0.5) is 0 Å². The zero-order chi connectivity index (χ0) is 8.77. The second kappa shape index (κ2) is 2.38. The Morgan fingerprint density at radius 2 is 2.17 bits per heavy atom. The first-order valence-corrected chi connectivity index (χ1v) is 4.74. The molecule has 2 rings (SSSR count). The number of nitrogens with zero attached hydrogens (tertiary/aromatic N) is 1. The van der Waals surface area contributed by atoms with Crippen molar-refractivity contribution < 1.29 is 0 Å². The van der Waals surface area contributed by atoms with E-state index in [2.05, 4.69) is 43.7 Å². The largest absolute Gasteiger partial charge is 0.351 e. The van der Waals surface area contributed by atoms with E-state index in [0.717, 1.165) is 5.92 Å². The van der Waals surface area contributed by atoms with Crippen molar-refractivity contribution in [1.29, 1.82) is 0 Å². The van der Waals surface area contributed by atoms with Gasteiger partial charge in [0.1, 0.15) is 0 Å². The summed E-state index contributed by atoms with van der Waals surface area (Å²) < 4.78 is 2.38. The molecule has 1 aromatic heterocycles. The lowest BCUT2D eigenvalue weighted by molar-refractivity contribution is 0.319. The van der Waals surface area contributed by atoms with E-state index in [1.807, 2.05) is 0 Å². The average Bonchev–Trinajstić information content (AvgIpc) is 2.37. The molecule has 0 unspecified atom stereocenters. The summed E-state index contributed by atoms with van der Waals surface area (Å²) in [5.74, 6) is 0.757. The first-order chi connectivity index (χ1) is 5.59. The molecule has 1 nitrogen and oxygen atoms in total. The molecule has 0 amide bonds. The highest BCUT2D eigenvalue weighted by Gasteiger charge is 2.31. The van der Waals surface area contributed by atoms with E-state index in [-0.39, 0.29) is 0 Å². The quantitative estimate of drug-likeness (QED) is 0.554. The summed E-state index contributed by atoms with van der Waals surface area (Å²) in [6.07, 6.45) is 3.51. The van der Waals surface area contributed by atoms with Gasteiger partial charge in [0.05, 0.1) is 0 Å². The van der Waals surface area contributed by atoms with Crippen molar-refractivity contribution in [3.05, 3.63) is 24.0 Å². The van der Waals surface area contributed by atoms with Crippen LogP contribution in [0.3, 0.4) is 0 Å². The molecule has 0 saturated carbocycles. The Morgan fingerprint density at radius 1 is 1.42 bits per heavy atom. The second-order valence-corrected chi connectivity index (χ2v) is 4.83. The molecule has 1 aromatic rings. The molecule has 2 heterocycles. The van der Waals surface area contributed by atoms with Gasteiger partial charge in [0, 0.05) is 24.4 Å². The lowest BCUT2D eigenvalue weighted by Crippen LogP contribution is -2.15. The van der Waals surface area contributed by atoms with Gasteiger partial charge in [0.2, 0.25) is 0 Å². The third-order valence-corrected chi connectivity index (χ3v) is 2.93. The highest BCUT2D eigenvalue weighted by atomic mass is 15.0. The van der Waals surface area contributed by atoms with Crippen LogP contribution in [0.1, 0.15) is 38.8 Å². The smallest absolute Gasteiger partial charge is 0.0228 e. The van der Waals surface area contributed by atoms with Crippen molar-refractivity contribution in [2.75, 3.05) is 0 Å². The molecule has 0 aliphatic carbocycles. The minimum absolute atomic E-state index is 0.423. The molecule has 0 fully saturated rings. The summed E-state index contributed by atoms with van der Waals surface area (Å²) in [4.78, 5) is 0. The molecular formula is C11H17N. The van der Waals surface area contributed by atoms with Crippen LogP contribution < -0.4 is 0 Å². The monoisotopic (exact) mass is 163 g/mol. The Hall–Kier alpha value is -0.720. The standard InChI is InChI=1S/C11H17N/c1-11(2,3)9-6-8-12-7-4-5-10(9)12/h4-5,7,9H,6,8H2,1-3H3/t9-/m1/s1. The van der Waals surface area contributed by atoms with Gasteiger partial charge in [-0.2, -0.15) is 0 Å². The van der Waals surface area contributed by atoms with Crippen molar-refractivity contribution >= 4 is 0 Å². The van der Waals surface area contributed by atoms with Crippen LogP contribution in [0.25, 0.3) is 0 Å². The molecule has 0 bridgehead atoms. The predicted octanol–water partition coefficient (Wildman–Crippen LogP) is 3.02. The Kier molecular flexibility index (Phi) is 1.57. The molecule has 0 saturated heterocycles. The van der Waals surface area contributed by atoms with Crippen LogP contribution in [-0.2, 0) is 6.54 Å². The molecule has 1 aliphatic rings. The molecule has 66 valence electrons. The van der Waals surface area contributed by atoms with E-state index in [4.69, 9.17) is 0 Å².